The van der Waals surface area contributed by atoms with E-state index >= 15 is 0 Å². The number of hydrogen-bond donors (Lipinski definition) is 2. The molecule has 1 aliphatic rings. The molecule has 2 N–H and O–H groups in total. The second kappa shape index (κ2) is 6.43. The van der Waals surface area contributed by atoms with Crippen LogP contribution in [0.25, 0.3) is 0 Å². The van der Waals surface area contributed by atoms with Crippen LogP contribution in [0.15, 0.2) is 30.6 Å². The van der Waals surface area contributed by atoms with Crippen LogP contribution in [0, 0.1) is 0 Å². The Kier molecular flexibility index (Phi) is 4.18. The monoisotopic (exact) mass is 273 g/mol. The molecule has 0 saturated carbocycles. The van der Waals surface area contributed by atoms with Crippen molar-refractivity contribution >= 4 is 0 Å². The van der Waals surface area contributed by atoms with Gasteiger partial charge in [0.25, 0.3) is 0 Å². The zero-order valence-electron chi connectivity index (χ0n) is 11.4. The standard InChI is InChI=1S/C15H19N3O2/c1-3-12(11-16-6-5-14-17-7-8-18-14)15-13(4-1)19-9-2-10-20-15/h1,3-4,7-8,16H,2,5-6,9-11H2,(H,17,18). The molecule has 5 heteroatoms. The van der Waals surface area contributed by atoms with Crippen molar-refractivity contribution in [2.45, 2.75) is 19.4 Å². The molecule has 20 heavy (non-hydrogen) atoms. The summed E-state index contributed by atoms with van der Waals surface area (Å²) in [7, 11) is 0. The molecule has 2 heterocycles. The smallest absolute Gasteiger partial charge is 0.165 e. The number of nitrogens with zero attached hydrogens (tertiary/aromatic N) is 1. The van der Waals surface area contributed by atoms with E-state index in [1.807, 2.05) is 18.3 Å². The van der Waals surface area contributed by atoms with E-state index in [0.29, 0.717) is 0 Å². The van der Waals surface area contributed by atoms with Crippen molar-refractivity contribution in [1.82, 2.24) is 15.3 Å². The second-order valence-corrected chi connectivity index (χ2v) is 4.76. The van der Waals surface area contributed by atoms with E-state index in [0.717, 1.165) is 62.0 Å². The van der Waals surface area contributed by atoms with Crippen LogP contribution < -0.4 is 14.8 Å². The summed E-state index contributed by atoms with van der Waals surface area (Å²) in [4.78, 5) is 7.30. The summed E-state index contributed by atoms with van der Waals surface area (Å²) >= 11 is 0. The quantitative estimate of drug-likeness (QED) is 0.817. The minimum Gasteiger partial charge on any atom is -0.490 e. The maximum atomic E-state index is 5.80. The van der Waals surface area contributed by atoms with Crippen molar-refractivity contribution in [3.63, 3.8) is 0 Å². The summed E-state index contributed by atoms with van der Waals surface area (Å²) in [5.41, 5.74) is 1.14. The van der Waals surface area contributed by atoms with Gasteiger partial charge in [0.05, 0.1) is 13.2 Å². The van der Waals surface area contributed by atoms with Crippen LogP contribution in [0.3, 0.4) is 0 Å². The largest absolute Gasteiger partial charge is 0.490 e. The average Bonchev–Trinajstić information content (AvgIpc) is 2.87. The van der Waals surface area contributed by atoms with Gasteiger partial charge in [0, 0.05) is 43.9 Å². The molecule has 2 aromatic rings. The zero-order valence-corrected chi connectivity index (χ0v) is 11.4. The highest BCUT2D eigenvalue weighted by atomic mass is 16.5. The van der Waals surface area contributed by atoms with Crippen molar-refractivity contribution in [1.29, 1.82) is 0 Å². The first kappa shape index (κ1) is 13.0. The van der Waals surface area contributed by atoms with Crippen molar-refractivity contribution < 1.29 is 9.47 Å². The molecule has 1 aromatic carbocycles. The van der Waals surface area contributed by atoms with Gasteiger partial charge in [-0.3, -0.25) is 0 Å². The fraction of sp³-hybridized carbons (Fsp3) is 0.400. The van der Waals surface area contributed by atoms with E-state index < -0.39 is 0 Å². The Bertz CT molecular complexity index is 540. The maximum absolute atomic E-state index is 5.80. The predicted octanol–water partition coefficient (Wildman–Crippen LogP) is 1.90. The Labute approximate surface area is 118 Å². The molecule has 5 nitrogen and oxygen atoms in total. The molecule has 0 saturated heterocycles. The average molecular weight is 273 g/mol. The van der Waals surface area contributed by atoms with Gasteiger partial charge in [-0.1, -0.05) is 12.1 Å². The first-order chi connectivity index (χ1) is 9.93. The summed E-state index contributed by atoms with van der Waals surface area (Å²) in [6, 6.07) is 6.05. The molecule has 0 aliphatic carbocycles. The number of benzene rings is 1. The Morgan fingerprint density at radius 2 is 2.20 bits per heavy atom. The third-order valence-electron chi connectivity index (χ3n) is 3.26. The molecule has 106 valence electrons. The van der Waals surface area contributed by atoms with Crippen LogP contribution in [-0.2, 0) is 13.0 Å². The first-order valence-electron chi connectivity index (χ1n) is 7.00. The first-order valence-corrected chi connectivity index (χ1v) is 7.00. The lowest BCUT2D eigenvalue weighted by Gasteiger charge is -2.12. The van der Waals surface area contributed by atoms with Gasteiger partial charge in [0.2, 0.25) is 0 Å². The van der Waals surface area contributed by atoms with Crippen molar-refractivity contribution in [3.05, 3.63) is 42.0 Å². The van der Waals surface area contributed by atoms with E-state index in [1.165, 1.54) is 0 Å². The molecular formula is C15H19N3O2. The molecular weight excluding hydrogens is 254 g/mol. The Hall–Kier alpha value is -2.01. The van der Waals surface area contributed by atoms with E-state index in [-0.39, 0.29) is 0 Å². The van der Waals surface area contributed by atoms with Crippen LogP contribution in [0.1, 0.15) is 17.8 Å². The lowest BCUT2D eigenvalue weighted by molar-refractivity contribution is 0.296. The SMILES string of the molecule is c1cc(CNCCc2ncc[nH]2)c2c(c1)OCCCO2. The highest BCUT2D eigenvalue weighted by molar-refractivity contribution is 5.47. The fourth-order valence-electron chi connectivity index (χ4n) is 2.26. The molecule has 0 amide bonds. The maximum Gasteiger partial charge on any atom is 0.165 e. The van der Waals surface area contributed by atoms with Gasteiger partial charge in [-0.05, 0) is 6.07 Å². The normalized spacial score (nSPS) is 14.0. The summed E-state index contributed by atoms with van der Waals surface area (Å²) in [6.45, 7) is 3.09. The Balaban J connectivity index is 1.57. The molecule has 0 fully saturated rings. The number of nitrogens with one attached hydrogen (secondary N) is 2. The summed E-state index contributed by atoms with van der Waals surface area (Å²) in [6.07, 6.45) is 5.44. The zero-order chi connectivity index (χ0) is 13.6. The number of para-hydroxylation sites is 1. The van der Waals surface area contributed by atoms with Gasteiger partial charge in [-0.2, -0.15) is 0 Å². The van der Waals surface area contributed by atoms with Crippen LogP contribution in [0.5, 0.6) is 11.5 Å². The third kappa shape index (κ3) is 3.11. The predicted molar refractivity (Wildman–Crippen MR) is 76.0 cm³/mol. The van der Waals surface area contributed by atoms with E-state index in [4.69, 9.17) is 9.47 Å². The minimum absolute atomic E-state index is 0.719. The number of aromatic nitrogens is 2. The molecule has 3 rings (SSSR count). The van der Waals surface area contributed by atoms with E-state index in [2.05, 4.69) is 21.4 Å². The van der Waals surface area contributed by atoms with E-state index in [1.54, 1.807) is 6.20 Å². The second-order valence-electron chi connectivity index (χ2n) is 4.76. The number of ether oxygens (including phenoxy) is 2. The van der Waals surface area contributed by atoms with Gasteiger partial charge in [-0.25, -0.2) is 4.98 Å². The van der Waals surface area contributed by atoms with Gasteiger partial charge < -0.3 is 19.8 Å². The van der Waals surface area contributed by atoms with Crippen molar-refractivity contribution in [2.75, 3.05) is 19.8 Å². The van der Waals surface area contributed by atoms with Crippen molar-refractivity contribution in [2.24, 2.45) is 0 Å². The van der Waals surface area contributed by atoms with Gasteiger partial charge in [-0.15, -0.1) is 0 Å². The summed E-state index contributed by atoms with van der Waals surface area (Å²) < 4.78 is 11.5. The number of aromatic amines is 1. The Morgan fingerprint density at radius 3 is 3.10 bits per heavy atom. The molecule has 1 aliphatic heterocycles. The van der Waals surface area contributed by atoms with Crippen LogP contribution in [0.4, 0.5) is 0 Å². The number of imidazole rings is 1. The molecule has 0 radical (unpaired) electrons. The fourth-order valence-corrected chi connectivity index (χ4v) is 2.26. The highest BCUT2D eigenvalue weighted by Gasteiger charge is 2.13. The van der Waals surface area contributed by atoms with Crippen LogP contribution in [-0.4, -0.2) is 29.7 Å². The summed E-state index contributed by atoms with van der Waals surface area (Å²) in [5, 5.41) is 3.41. The molecule has 1 aromatic heterocycles. The van der Waals surface area contributed by atoms with Crippen molar-refractivity contribution in [3.8, 4) is 11.5 Å². The lowest BCUT2D eigenvalue weighted by atomic mass is 10.2. The van der Waals surface area contributed by atoms with Gasteiger partial charge in [0.15, 0.2) is 11.5 Å². The number of hydrogen-bond acceptors (Lipinski definition) is 4. The molecule has 0 spiro atoms. The van der Waals surface area contributed by atoms with Gasteiger partial charge in [0.1, 0.15) is 5.82 Å². The number of H-pyrrole nitrogens is 1. The molecule has 0 bridgehead atoms. The summed E-state index contributed by atoms with van der Waals surface area (Å²) in [5.74, 6) is 2.74. The highest BCUT2D eigenvalue weighted by Crippen LogP contribution is 2.32. The minimum atomic E-state index is 0.719. The molecule has 0 atom stereocenters. The Morgan fingerprint density at radius 1 is 1.25 bits per heavy atom. The van der Waals surface area contributed by atoms with Crippen LogP contribution >= 0.6 is 0 Å². The van der Waals surface area contributed by atoms with Gasteiger partial charge >= 0.3 is 0 Å². The number of fused-ring (bicyclic) bond motifs is 1. The van der Waals surface area contributed by atoms with E-state index in [9.17, 15) is 0 Å². The number of rotatable bonds is 5. The lowest BCUT2D eigenvalue weighted by Crippen LogP contribution is -2.17. The topological polar surface area (TPSA) is 59.2 Å². The third-order valence-corrected chi connectivity index (χ3v) is 3.26. The van der Waals surface area contributed by atoms with Crippen LogP contribution in [0.2, 0.25) is 0 Å². The molecule has 0 unspecified atom stereocenters.